The molecule has 0 fully saturated rings. The monoisotopic (exact) mass is 196 g/mol. The molecule has 2 aromatic rings. The van der Waals surface area contributed by atoms with E-state index in [9.17, 15) is 0 Å². The molecule has 1 aliphatic carbocycles. The third-order valence-corrected chi connectivity index (χ3v) is 2.82. The summed E-state index contributed by atoms with van der Waals surface area (Å²) < 4.78 is 5.82. The van der Waals surface area contributed by atoms with Gasteiger partial charge in [0.05, 0.1) is 0 Å². The van der Waals surface area contributed by atoms with Crippen LogP contribution in [0.4, 0.5) is 0 Å². The highest BCUT2D eigenvalue weighted by Crippen LogP contribution is 2.10. The minimum atomic E-state index is 0.949. The van der Waals surface area contributed by atoms with Crippen LogP contribution >= 0.6 is 0 Å². The minimum Gasteiger partial charge on any atom is -0.456 e. The van der Waals surface area contributed by atoms with E-state index in [0.717, 1.165) is 17.4 Å². The SMILES string of the molecule is CC1=c2c(oc3ccccc23)=CCC=C1. The zero-order valence-electron chi connectivity index (χ0n) is 8.66. The Hall–Kier alpha value is -1.76. The van der Waals surface area contributed by atoms with Gasteiger partial charge in [0.15, 0.2) is 0 Å². The van der Waals surface area contributed by atoms with E-state index in [1.54, 1.807) is 0 Å². The number of fused-ring (bicyclic) bond motifs is 3. The summed E-state index contributed by atoms with van der Waals surface area (Å²) in [4.78, 5) is 0. The molecule has 74 valence electrons. The Labute approximate surface area is 88.0 Å². The summed E-state index contributed by atoms with van der Waals surface area (Å²) >= 11 is 0. The van der Waals surface area contributed by atoms with Gasteiger partial charge in [0.25, 0.3) is 0 Å². The minimum absolute atomic E-state index is 0.949. The Morgan fingerprint density at radius 1 is 1.20 bits per heavy atom. The first-order chi connectivity index (χ1) is 7.36. The normalized spacial score (nSPS) is 14.9. The predicted molar refractivity (Wildman–Crippen MR) is 62.8 cm³/mol. The summed E-state index contributed by atoms with van der Waals surface area (Å²) in [5.41, 5.74) is 3.27. The second kappa shape index (κ2) is 3.13. The fraction of sp³-hybridized carbons (Fsp3) is 0.143. The van der Waals surface area contributed by atoms with Crippen molar-refractivity contribution in [1.29, 1.82) is 0 Å². The van der Waals surface area contributed by atoms with Crippen LogP contribution in [0.15, 0.2) is 40.8 Å². The molecule has 1 heteroatoms. The van der Waals surface area contributed by atoms with Crippen molar-refractivity contribution < 1.29 is 4.42 Å². The molecule has 3 rings (SSSR count). The first kappa shape index (κ1) is 8.54. The van der Waals surface area contributed by atoms with Gasteiger partial charge in [-0.3, -0.25) is 0 Å². The molecule has 1 heterocycles. The molecule has 0 bridgehead atoms. The number of hydrogen-bond donors (Lipinski definition) is 0. The maximum absolute atomic E-state index is 5.82. The van der Waals surface area contributed by atoms with Crippen LogP contribution in [0.2, 0.25) is 0 Å². The molecule has 0 aliphatic heterocycles. The molecule has 0 atom stereocenters. The lowest BCUT2D eigenvalue weighted by atomic mass is 10.1. The number of furan rings is 1. The van der Waals surface area contributed by atoms with Crippen molar-refractivity contribution in [3.8, 4) is 0 Å². The highest BCUT2D eigenvalue weighted by atomic mass is 16.3. The summed E-state index contributed by atoms with van der Waals surface area (Å²) in [6.07, 6.45) is 7.43. The van der Waals surface area contributed by atoms with Crippen LogP contribution in [0.1, 0.15) is 13.3 Å². The first-order valence-corrected chi connectivity index (χ1v) is 5.21. The zero-order chi connectivity index (χ0) is 10.3. The molecular formula is C14H12O. The summed E-state index contributed by atoms with van der Waals surface area (Å²) in [5.74, 6) is 0. The van der Waals surface area contributed by atoms with Crippen molar-refractivity contribution in [2.24, 2.45) is 0 Å². The van der Waals surface area contributed by atoms with Crippen LogP contribution in [0.25, 0.3) is 22.6 Å². The van der Waals surface area contributed by atoms with Crippen LogP contribution in [0.3, 0.4) is 0 Å². The Balaban J connectivity index is 2.64. The van der Waals surface area contributed by atoms with Crippen LogP contribution in [0, 0.1) is 0 Å². The Morgan fingerprint density at radius 3 is 3.00 bits per heavy atom. The summed E-state index contributed by atoms with van der Waals surface area (Å²) in [6.45, 7) is 2.14. The van der Waals surface area contributed by atoms with Gasteiger partial charge < -0.3 is 4.42 Å². The summed E-state index contributed by atoms with van der Waals surface area (Å²) in [7, 11) is 0. The summed E-state index contributed by atoms with van der Waals surface area (Å²) in [6, 6.07) is 8.21. The van der Waals surface area contributed by atoms with E-state index in [2.05, 4.69) is 37.3 Å². The van der Waals surface area contributed by atoms with Gasteiger partial charge in [-0.1, -0.05) is 30.4 Å². The van der Waals surface area contributed by atoms with Gasteiger partial charge in [0.1, 0.15) is 11.0 Å². The maximum atomic E-state index is 5.82. The van der Waals surface area contributed by atoms with Gasteiger partial charge >= 0.3 is 0 Å². The topological polar surface area (TPSA) is 13.1 Å². The molecular weight excluding hydrogens is 184 g/mol. The molecule has 1 aliphatic rings. The molecule has 15 heavy (non-hydrogen) atoms. The highest BCUT2D eigenvalue weighted by Gasteiger charge is 2.04. The fourth-order valence-electron chi connectivity index (χ4n) is 2.12. The molecule has 0 saturated carbocycles. The van der Waals surface area contributed by atoms with Gasteiger partial charge in [-0.2, -0.15) is 0 Å². The van der Waals surface area contributed by atoms with E-state index < -0.39 is 0 Å². The molecule has 1 aromatic carbocycles. The molecule has 0 spiro atoms. The quantitative estimate of drug-likeness (QED) is 0.630. The van der Waals surface area contributed by atoms with Gasteiger partial charge in [0, 0.05) is 10.6 Å². The fourth-order valence-corrected chi connectivity index (χ4v) is 2.12. The van der Waals surface area contributed by atoms with Crippen molar-refractivity contribution in [1.82, 2.24) is 0 Å². The Morgan fingerprint density at radius 2 is 2.07 bits per heavy atom. The number of allylic oxidation sites excluding steroid dienone is 2. The molecule has 0 unspecified atom stereocenters. The molecule has 0 radical (unpaired) electrons. The average molecular weight is 196 g/mol. The number of rotatable bonds is 0. The lowest BCUT2D eigenvalue weighted by Crippen LogP contribution is -2.21. The zero-order valence-corrected chi connectivity index (χ0v) is 8.66. The third-order valence-electron chi connectivity index (χ3n) is 2.82. The Kier molecular flexibility index (Phi) is 1.78. The van der Waals surface area contributed by atoms with E-state index in [1.807, 2.05) is 12.1 Å². The van der Waals surface area contributed by atoms with Crippen molar-refractivity contribution >= 4 is 22.6 Å². The largest absolute Gasteiger partial charge is 0.456 e. The molecule has 0 N–H and O–H groups in total. The highest BCUT2D eigenvalue weighted by molar-refractivity contribution is 5.81. The average Bonchev–Trinajstić information content (AvgIpc) is 2.53. The van der Waals surface area contributed by atoms with E-state index in [0.29, 0.717) is 0 Å². The first-order valence-electron chi connectivity index (χ1n) is 5.21. The standard InChI is InChI=1S/C14H12O/c1-10-6-2-4-9-13-14(10)11-7-3-5-8-12(11)15-13/h2-3,5-9H,4H2,1H3. The number of benzene rings is 1. The smallest absolute Gasteiger partial charge is 0.135 e. The van der Waals surface area contributed by atoms with Crippen molar-refractivity contribution in [2.45, 2.75) is 13.3 Å². The molecule has 0 amide bonds. The third kappa shape index (κ3) is 1.23. The molecule has 1 aromatic heterocycles. The lowest BCUT2D eigenvalue weighted by Gasteiger charge is -1.88. The van der Waals surface area contributed by atoms with E-state index in [1.165, 1.54) is 16.2 Å². The van der Waals surface area contributed by atoms with E-state index in [4.69, 9.17) is 4.42 Å². The molecule has 1 nitrogen and oxygen atoms in total. The van der Waals surface area contributed by atoms with Crippen LogP contribution in [0.5, 0.6) is 0 Å². The van der Waals surface area contributed by atoms with Gasteiger partial charge in [-0.25, -0.2) is 0 Å². The van der Waals surface area contributed by atoms with Crippen LogP contribution in [-0.2, 0) is 0 Å². The Bertz CT molecular complexity index is 656. The van der Waals surface area contributed by atoms with E-state index in [-0.39, 0.29) is 0 Å². The summed E-state index contributed by atoms with van der Waals surface area (Å²) in [5, 5.41) is 2.46. The van der Waals surface area contributed by atoms with Crippen LogP contribution in [-0.4, -0.2) is 0 Å². The van der Waals surface area contributed by atoms with Gasteiger partial charge in [-0.05, 0) is 31.1 Å². The van der Waals surface area contributed by atoms with Gasteiger partial charge in [-0.15, -0.1) is 0 Å². The van der Waals surface area contributed by atoms with Crippen LogP contribution < -0.4 is 10.6 Å². The van der Waals surface area contributed by atoms with E-state index >= 15 is 0 Å². The number of para-hydroxylation sites is 1. The van der Waals surface area contributed by atoms with Crippen molar-refractivity contribution in [3.63, 3.8) is 0 Å². The second-order valence-electron chi connectivity index (χ2n) is 3.86. The predicted octanol–water partition coefficient (Wildman–Crippen LogP) is 2.34. The maximum Gasteiger partial charge on any atom is 0.135 e. The van der Waals surface area contributed by atoms with Gasteiger partial charge in [0.2, 0.25) is 0 Å². The number of hydrogen-bond acceptors (Lipinski definition) is 1. The van der Waals surface area contributed by atoms with Crippen molar-refractivity contribution in [3.05, 3.63) is 47.1 Å². The lowest BCUT2D eigenvalue weighted by molar-refractivity contribution is 0.574. The molecule has 0 saturated heterocycles. The second-order valence-corrected chi connectivity index (χ2v) is 3.86. The van der Waals surface area contributed by atoms with Crippen molar-refractivity contribution in [2.75, 3.05) is 0 Å².